The number of hydrogen-bond acceptors (Lipinski definition) is 4. The Kier molecular flexibility index (Phi) is 9.36. The van der Waals surface area contributed by atoms with Gasteiger partial charge < -0.3 is 9.88 Å². The number of alkyl halides is 1. The SMILES string of the molecule is CC(=O)C[C@H](NC(=O)[C@H](CC(C)C)n1cc(CN2CC(F)C2)ccc1=O)c1cccc(-c2c(C)cccc2C)c1. The highest BCUT2D eigenvalue weighted by Gasteiger charge is 2.28. The van der Waals surface area contributed by atoms with Crippen LogP contribution in [0.4, 0.5) is 4.39 Å². The number of pyridine rings is 1. The molecule has 1 aromatic heterocycles. The summed E-state index contributed by atoms with van der Waals surface area (Å²) in [4.78, 5) is 41.1. The third-order valence-corrected chi connectivity index (χ3v) is 7.52. The lowest BCUT2D eigenvalue weighted by Gasteiger charge is -2.34. The summed E-state index contributed by atoms with van der Waals surface area (Å²) in [7, 11) is 0. The van der Waals surface area contributed by atoms with Gasteiger partial charge in [0.15, 0.2) is 0 Å². The molecular weight excluding hydrogens is 505 g/mol. The molecular formula is C33H40FN3O3. The number of halogens is 1. The molecule has 0 aliphatic carbocycles. The molecule has 2 aromatic carbocycles. The van der Waals surface area contributed by atoms with Gasteiger partial charge >= 0.3 is 0 Å². The van der Waals surface area contributed by atoms with Crippen LogP contribution in [-0.4, -0.2) is 40.4 Å². The second-order valence-corrected chi connectivity index (χ2v) is 11.6. The van der Waals surface area contributed by atoms with E-state index in [-0.39, 0.29) is 29.6 Å². The van der Waals surface area contributed by atoms with Crippen molar-refractivity contribution in [2.24, 2.45) is 5.92 Å². The molecule has 0 radical (unpaired) electrons. The van der Waals surface area contributed by atoms with Crippen LogP contribution in [-0.2, 0) is 16.1 Å². The maximum absolute atomic E-state index is 13.9. The second kappa shape index (κ2) is 12.7. The fraction of sp³-hybridized carbons (Fsp3) is 0.424. The van der Waals surface area contributed by atoms with Crippen molar-refractivity contribution in [2.45, 2.75) is 72.3 Å². The number of carbonyl (C=O) groups is 2. The monoisotopic (exact) mass is 545 g/mol. The Hall–Kier alpha value is -3.58. The average Bonchev–Trinajstić information content (AvgIpc) is 2.87. The normalized spacial score (nSPS) is 15.5. The van der Waals surface area contributed by atoms with E-state index in [0.717, 1.165) is 33.4 Å². The number of Topliss-reactive ketones (excluding diaryl/α,β-unsaturated/α-hetero) is 1. The van der Waals surface area contributed by atoms with Crippen LogP contribution in [0.5, 0.6) is 0 Å². The van der Waals surface area contributed by atoms with E-state index in [2.05, 4.69) is 31.3 Å². The molecule has 1 aliphatic heterocycles. The van der Waals surface area contributed by atoms with Crippen molar-refractivity contribution < 1.29 is 14.0 Å². The van der Waals surface area contributed by atoms with Crippen LogP contribution >= 0.6 is 0 Å². The number of nitrogens with one attached hydrogen (secondary N) is 1. The van der Waals surface area contributed by atoms with Gasteiger partial charge in [-0.05, 0) is 72.6 Å². The molecule has 4 rings (SSSR count). The van der Waals surface area contributed by atoms with Gasteiger partial charge in [-0.3, -0.25) is 19.3 Å². The van der Waals surface area contributed by atoms with Crippen LogP contribution in [0.3, 0.4) is 0 Å². The van der Waals surface area contributed by atoms with Crippen LogP contribution in [0, 0.1) is 19.8 Å². The maximum Gasteiger partial charge on any atom is 0.251 e. The van der Waals surface area contributed by atoms with Crippen molar-refractivity contribution in [3.63, 3.8) is 0 Å². The van der Waals surface area contributed by atoms with Gasteiger partial charge in [0.25, 0.3) is 5.56 Å². The number of aromatic nitrogens is 1. The lowest BCUT2D eigenvalue weighted by atomic mass is 9.92. The molecule has 1 fully saturated rings. The van der Waals surface area contributed by atoms with Gasteiger partial charge in [-0.15, -0.1) is 0 Å². The first kappa shape index (κ1) is 29.4. The van der Waals surface area contributed by atoms with Gasteiger partial charge in [-0.2, -0.15) is 0 Å². The molecule has 3 aromatic rings. The fourth-order valence-electron chi connectivity index (χ4n) is 5.56. The van der Waals surface area contributed by atoms with Crippen molar-refractivity contribution in [2.75, 3.05) is 13.1 Å². The van der Waals surface area contributed by atoms with Crippen molar-refractivity contribution >= 4 is 11.7 Å². The molecule has 1 aliphatic rings. The Morgan fingerprint density at radius 1 is 1.02 bits per heavy atom. The van der Waals surface area contributed by atoms with E-state index in [9.17, 15) is 18.8 Å². The first-order chi connectivity index (χ1) is 19.0. The molecule has 2 heterocycles. The van der Waals surface area contributed by atoms with Gasteiger partial charge in [0, 0.05) is 38.3 Å². The topological polar surface area (TPSA) is 71.4 Å². The van der Waals surface area contributed by atoms with E-state index < -0.39 is 18.3 Å². The lowest BCUT2D eigenvalue weighted by Crippen LogP contribution is -2.47. The summed E-state index contributed by atoms with van der Waals surface area (Å²) < 4.78 is 14.8. The zero-order valence-corrected chi connectivity index (χ0v) is 24.1. The van der Waals surface area contributed by atoms with Crippen LogP contribution in [0.1, 0.15) is 68.0 Å². The minimum absolute atomic E-state index is 0.0388. The zero-order valence-electron chi connectivity index (χ0n) is 24.1. The molecule has 1 saturated heterocycles. The number of aryl methyl sites for hydroxylation is 2. The summed E-state index contributed by atoms with van der Waals surface area (Å²) in [6.07, 6.45) is 1.52. The molecule has 1 amide bonds. The Bertz CT molecular complexity index is 1400. The number of amides is 1. The minimum Gasteiger partial charge on any atom is -0.347 e. The van der Waals surface area contributed by atoms with E-state index in [4.69, 9.17) is 0 Å². The number of rotatable bonds is 11. The van der Waals surface area contributed by atoms with E-state index in [0.29, 0.717) is 26.1 Å². The van der Waals surface area contributed by atoms with Crippen LogP contribution in [0.2, 0.25) is 0 Å². The Morgan fingerprint density at radius 2 is 1.70 bits per heavy atom. The maximum atomic E-state index is 13.9. The van der Waals surface area contributed by atoms with Crippen LogP contribution < -0.4 is 10.9 Å². The summed E-state index contributed by atoms with van der Waals surface area (Å²) >= 11 is 0. The van der Waals surface area contributed by atoms with Crippen LogP contribution in [0.25, 0.3) is 11.1 Å². The number of likely N-dealkylation sites (tertiary alicyclic amines) is 1. The van der Waals surface area contributed by atoms with Gasteiger partial charge in [0.1, 0.15) is 18.0 Å². The molecule has 2 atom stereocenters. The van der Waals surface area contributed by atoms with E-state index in [1.54, 1.807) is 12.3 Å². The van der Waals surface area contributed by atoms with Crippen molar-refractivity contribution in [3.05, 3.63) is 93.4 Å². The molecule has 1 N–H and O–H groups in total. The molecule has 6 nitrogen and oxygen atoms in total. The summed E-state index contributed by atoms with van der Waals surface area (Å²) in [5.74, 6) is -0.194. The molecule has 0 saturated carbocycles. The number of ketones is 1. The van der Waals surface area contributed by atoms with E-state index in [1.165, 1.54) is 17.6 Å². The summed E-state index contributed by atoms with van der Waals surface area (Å²) in [5, 5.41) is 3.11. The number of carbonyl (C=O) groups excluding carboxylic acids is 2. The Balaban J connectivity index is 1.64. The third kappa shape index (κ3) is 7.13. The summed E-state index contributed by atoms with van der Waals surface area (Å²) in [6, 6.07) is 16.1. The highest BCUT2D eigenvalue weighted by atomic mass is 19.1. The smallest absolute Gasteiger partial charge is 0.251 e. The molecule has 40 heavy (non-hydrogen) atoms. The highest BCUT2D eigenvalue weighted by molar-refractivity contribution is 5.83. The molecule has 0 unspecified atom stereocenters. The minimum atomic E-state index is -0.809. The predicted molar refractivity (Wildman–Crippen MR) is 157 cm³/mol. The lowest BCUT2D eigenvalue weighted by molar-refractivity contribution is -0.126. The van der Waals surface area contributed by atoms with Gasteiger partial charge in [-0.1, -0.05) is 56.3 Å². The van der Waals surface area contributed by atoms with Crippen molar-refractivity contribution in [3.8, 4) is 11.1 Å². The quantitative estimate of drug-likeness (QED) is 0.335. The van der Waals surface area contributed by atoms with Gasteiger partial charge in [-0.25, -0.2) is 4.39 Å². The average molecular weight is 546 g/mol. The largest absolute Gasteiger partial charge is 0.347 e. The first-order valence-corrected chi connectivity index (χ1v) is 14.1. The molecule has 7 heteroatoms. The Labute approximate surface area is 236 Å². The third-order valence-electron chi connectivity index (χ3n) is 7.52. The summed E-state index contributed by atoms with van der Waals surface area (Å²) in [5.41, 5.74) is 5.90. The Morgan fingerprint density at radius 3 is 2.33 bits per heavy atom. The number of nitrogens with zero attached hydrogens (tertiary/aromatic N) is 2. The molecule has 0 bridgehead atoms. The number of benzene rings is 2. The van der Waals surface area contributed by atoms with Crippen molar-refractivity contribution in [1.82, 2.24) is 14.8 Å². The first-order valence-electron chi connectivity index (χ1n) is 14.1. The fourth-order valence-corrected chi connectivity index (χ4v) is 5.56. The standard InChI is InChI=1S/C33H40FN3O3/c1-21(2)14-30(37-18-25(12-13-31(37)39)17-36-19-28(34)20-36)33(40)35-29(15-24(5)38)26-10-7-11-27(16-26)32-22(3)8-6-9-23(32)4/h6-13,16,18,21,28-30H,14-15,17,19-20H2,1-5H3,(H,35,40)/t29-,30-/m0/s1. The van der Waals surface area contributed by atoms with E-state index in [1.807, 2.05) is 49.1 Å². The second-order valence-electron chi connectivity index (χ2n) is 11.6. The highest BCUT2D eigenvalue weighted by Crippen LogP contribution is 2.30. The van der Waals surface area contributed by atoms with Crippen LogP contribution in [0.15, 0.2) is 65.6 Å². The van der Waals surface area contributed by atoms with Crippen molar-refractivity contribution in [1.29, 1.82) is 0 Å². The number of hydrogen-bond donors (Lipinski definition) is 1. The molecule has 0 spiro atoms. The predicted octanol–water partition coefficient (Wildman–Crippen LogP) is 5.71. The van der Waals surface area contributed by atoms with Gasteiger partial charge in [0.2, 0.25) is 5.91 Å². The van der Waals surface area contributed by atoms with E-state index >= 15 is 0 Å². The zero-order chi connectivity index (χ0) is 29.0. The van der Waals surface area contributed by atoms with Gasteiger partial charge in [0.05, 0.1) is 6.04 Å². The molecule has 212 valence electrons. The summed E-state index contributed by atoms with van der Waals surface area (Å²) in [6.45, 7) is 11.0.